The lowest BCUT2D eigenvalue weighted by Crippen LogP contribution is -2.59. The molecule has 24 heavy (non-hydrogen) atoms. The summed E-state index contributed by atoms with van der Waals surface area (Å²) in [7, 11) is 0. The Kier molecular flexibility index (Phi) is 3.73. The van der Waals surface area contributed by atoms with Crippen LogP contribution in [0.15, 0.2) is 11.6 Å². The normalized spacial score (nSPS) is 60.0. The van der Waals surface area contributed by atoms with Crippen LogP contribution in [0.4, 0.5) is 0 Å². The first kappa shape index (κ1) is 17.0. The fourth-order valence-electron chi connectivity index (χ4n) is 6.85. The Balaban J connectivity index is 1.75. The van der Waals surface area contributed by atoms with Crippen LogP contribution in [0.25, 0.3) is 0 Å². The minimum absolute atomic E-state index is 0.00947. The summed E-state index contributed by atoms with van der Waals surface area (Å²) in [6.07, 6.45) is 1.52. The first-order valence-corrected chi connectivity index (χ1v) is 9.31. The van der Waals surface area contributed by atoms with E-state index < -0.39 is 35.9 Å². The van der Waals surface area contributed by atoms with E-state index in [1.807, 2.05) is 6.92 Å². The van der Waals surface area contributed by atoms with Crippen LogP contribution in [0, 0.1) is 28.6 Å². The predicted octanol–water partition coefficient (Wildman–Crippen LogP) is 0.583. The van der Waals surface area contributed by atoms with Gasteiger partial charge in [-0.2, -0.15) is 0 Å². The fourth-order valence-corrected chi connectivity index (χ4v) is 6.85. The lowest BCUT2D eigenvalue weighted by molar-refractivity contribution is -0.147. The van der Waals surface area contributed by atoms with Crippen LogP contribution in [0.3, 0.4) is 0 Å². The number of aliphatic hydroxyl groups excluding tert-OH is 5. The summed E-state index contributed by atoms with van der Waals surface area (Å²) < 4.78 is 0. The van der Waals surface area contributed by atoms with Gasteiger partial charge in [0.15, 0.2) is 0 Å². The van der Waals surface area contributed by atoms with Crippen molar-refractivity contribution < 1.29 is 25.5 Å². The molecule has 4 aliphatic carbocycles. The van der Waals surface area contributed by atoms with Crippen LogP contribution < -0.4 is 0 Å². The number of hydrogen-bond donors (Lipinski definition) is 5. The molecule has 3 saturated carbocycles. The number of rotatable bonds is 0. The third-order valence-electron chi connectivity index (χ3n) is 8.07. The van der Waals surface area contributed by atoms with Crippen LogP contribution in [-0.4, -0.2) is 56.1 Å². The number of allylic oxidation sites excluding steroid dienone is 1. The standard InChI is InChI=1S/C19H30O5/c1-18-6-5-12(20)16(23)10(18)4-3-9-11-7-13(21)17(24)19(11,2)8-14(22)15(9)18/h4,9,11-17,20-24H,3,5-8H2,1-2H3/t9-,11-,12-,13+,14-,15+,16+,17+,18-,19-/m0/s1. The summed E-state index contributed by atoms with van der Waals surface area (Å²) >= 11 is 0. The third-order valence-corrected chi connectivity index (χ3v) is 8.07. The molecule has 4 aliphatic rings. The third kappa shape index (κ3) is 1.99. The molecule has 0 aromatic heterocycles. The van der Waals surface area contributed by atoms with Gasteiger partial charge in [-0.15, -0.1) is 0 Å². The van der Waals surface area contributed by atoms with Crippen molar-refractivity contribution in [2.45, 2.75) is 76.5 Å². The zero-order chi connectivity index (χ0) is 17.4. The van der Waals surface area contributed by atoms with Crippen LogP contribution >= 0.6 is 0 Å². The molecule has 0 aromatic rings. The summed E-state index contributed by atoms with van der Waals surface area (Å²) in [5.74, 6) is 0.381. The Morgan fingerprint density at radius 3 is 2.42 bits per heavy atom. The Bertz CT molecular complexity index is 562. The van der Waals surface area contributed by atoms with Crippen LogP contribution in [0.1, 0.15) is 46.0 Å². The Morgan fingerprint density at radius 1 is 1.00 bits per heavy atom. The van der Waals surface area contributed by atoms with Gasteiger partial charge >= 0.3 is 0 Å². The smallest absolute Gasteiger partial charge is 0.101 e. The van der Waals surface area contributed by atoms with E-state index in [4.69, 9.17) is 0 Å². The van der Waals surface area contributed by atoms with Gasteiger partial charge in [-0.05, 0) is 60.8 Å². The first-order chi connectivity index (χ1) is 11.2. The van der Waals surface area contributed by atoms with Gasteiger partial charge in [-0.3, -0.25) is 0 Å². The second kappa shape index (κ2) is 5.27. The molecule has 0 bridgehead atoms. The maximum Gasteiger partial charge on any atom is 0.101 e. The Labute approximate surface area is 143 Å². The van der Waals surface area contributed by atoms with Crippen molar-refractivity contribution in [2.24, 2.45) is 28.6 Å². The first-order valence-electron chi connectivity index (χ1n) is 9.31. The van der Waals surface area contributed by atoms with Gasteiger partial charge in [0.25, 0.3) is 0 Å². The van der Waals surface area contributed by atoms with E-state index in [-0.39, 0.29) is 23.2 Å². The highest BCUT2D eigenvalue weighted by Gasteiger charge is 2.64. The summed E-state index contributed by atoms with van der Waals surface area (Å²) in [6, 6.07) is 0. The number of aliphatic hydroxyl groups is 5. The van der Waals surface area contributed by atoms with Crippen molar-refractivity contribution in [3.63, 3.8) is 0 Å². The molecule has 10 atom stereocenters. The predicted molar refractivity (Wildman–Crippen MR) is 87.9 cm³/mol. The van der Waals surface area contributed by atoms with E-state index in [2.05, 4.69) is 13.0 Å². The number of hydrogen-bond acceptors (Lipinski definition) is 5. The molecule has 3 fully saturated rings. The molecule has 0 spiro atoms. The molecule has 136 valence electrons. The summed E-state index contributed by atoms with van der Waals surface area (Å²) in [6.45, 7) is 4.11. The highest BCUT2D eigenvalue weighted by atomic mass is 16.3. The monoisotopic (exact) mass is 338 g/mol. The van der Waals surface area contributed by atoms with E-state index in [0.29, 0.717) is 19.3 Å². The van der Waals surface area contributed by atoms with Gasteiger partial charge < -0.3 is 25.5 Å². The average Bonchev–Trinajstić information content (AvgIpc) is 2.75. The largest absolute Gasteiger partial charge is 0.393 e. The Morgan fingerprint density at radius 2 is 1.71 bits per heavy atom. The highest BCUT2D eigenvalue weighted by Crippen LogP contribution is 2.64. The maximum atomic E-state index is 11.0. The van der Waals surface area contributed by atoms with Crippen LogP contribution in [0.2, 0.25) is 0 Å². The van der Waals surface area contributed by atoms with Crippen LogP contribution in [0.5, 0.6) is 0 Å². The fraction of sp³-hybridized carbons (Fsp3) is 0.895. The van der Waals surface area contributed by atoms with Gasteiger partial charge in [-0.25, -0.2) is 0 Å². The molecule has 0 aliphatic heterocycles. The van der Waals surface area contributed by atoms with Gasteiger partial charge in [0, 0.05) is 5.41 Å². The zero-order valence-corrected chi connectivity index (χ0v) is 14.5. The maximum absolute atomic E-state index is 11.0. The van der Waals surface area contributed by atoms with E-state index in [0.717, 1.165) is 18.4 Å². The van der Waals surface area contributed by atoms with Crippen LogP contribution in [-0.2, 0) is 0 Å². The molecule has 0 saturated heterocycles. The van der Waals surface area contributed by atoms with Crippen molar-refractivity contribution in [2.75, 3.05) is 0 Å². The van der Waals surface area contributed by atoms with Crippen molar-refractivity contribution in [1.82, 2.24) is 0 Å². The van der Waals surface area contributed by atoms with E-state index in [9.17, 15) is 25.5 Å². The molecule has 4 rings (SSSR count). The van der Waals surface area contributed by atoms with E-state index in [1.54, 1.807) is 0 Å². The minimum atomic E-state index is -0.843. The average molecular weight is 338 g/mol. The van der Waals surface area contributed by atoms with Gasteiger partial charge in [0.2, 0.25) is 0 Å². The molecule has 0 aromatic carbocycles. The van der Waals surface area contributed by atoms with Crippen molar-refractivity contribution in [3.05, 3.63) is 11.6 Å². The molecular formula is C19H30O5. The highest BCUT2D eigenvalue weighted by molar-refractivity contribution is 5.30. The molecule has 0 unspecified atom stereocenters. The van der Waals surface area contributed by atoms with Crippen molar-refractivity contribution in [3.8, 4) is 0 Å². The summed E-state index contributed by atoms with van der Waals surface area (Å²) in [5, 5.41) is 52.2. The summed E-state index contributed by atoms with van der Waals surface area (Å²) in [5.41, 5.74) is 0.110. The number of fused-ring (bicyclic) bond motifs is 5. The lowest BCUT2D eigenvalue weighted by Gasteiger charge is -2.59. The lowest BCUT2D eigenvalue weighted by atomic mass is 9.46. The molecule has 5 nitrogen and oxygen atoms in total. The molecular weight excluding hydrogens is 308 g/mol. The molecule has 0 radical (unpaired) electrons. The minimum Gasteiger partial charge on any atom is -0.393 e. The quantitative estimate of drug-likeness (QED) is 0.416. The van der Waals surface area contributed by atoms with Gasteiger partial charge in [0.1, 0.15) is 6.10 Å². The second-order valence-electron chi connectivity index (χ2n) is 9.18. The van der Waals surface area contributed by atoms with Crippen molar-refractivity contribution in [1.29, 1.82) is 0 Å². The Hall–Kier alpha value is -0.460. The van der Waals surface area contributed by atoms with Gasteiger partial charge in [0.05, 0.1) is 24.4 Å². The second-order valence-corrected chi connectivity index (χ2v) is 9.18. The van der Waals surface area contributed by atoms with Gasteiger partial charge in [-0.1, -0.05) is 19.9 Å². The summed E-state index contributed by atoms with van der Waals surface area (Å²) in [4.78, 5) is 0. The topological polar surface area (TPSA) is 101 Å². The van der Waals surface area contributed by atoms with E-state index >= 15 is 0 Å². The zero-order valence-electron chi connectivity index (χ0n) is 14.5. The molecule has 5 N–H and O–H groups in total. The molecule has 0 heterocycles. The van der Waals surface area contributed by atoms with E-state index in [1.165, 1.54) is 0 Å². The van der Waals surface area contributed by atoms with Crippen molar-refractivity contribution >= 4 is 0 Å². The molecule has 0 amide bonds. The molecule has 5 heteroatoms. The SMILES string of the molecule is C[C@]12C[C@H](O)[C@H]3[C@@H](CC=C4[C@@H](O)[C@@H](O)CC[C@@]43C)[C@@H]1C[C@@H](O)[C@H]2O.